The fourth-order valence-electron chi connectivity index (χ4n) is 3.75. The second-order valence-electron chi connectivity index (χ2n) is 7.57. The smallest absolute Gasteiger partial charge is 0.387 e. The Balaban J connectivity index is 1.37. The van der Waals surface area contributed by atoms with E-state index in [0.717, 1.165) is 5.56 Å². The van der Waals surface area contributed by atoms with Crippen molar-refractivity contribution in [2.45, 2.75) is 19.6 Å². The van der Waals surface area contributed by atoms with Crippen molar-refractivity contribution in [2.75, 3.05) is 33.3 Å². The van der Waals surface area contributed by atoms with Crippen molar-refractivity contribution in [2.24, 2.45) is 0 Å². The highest BCUT2D eigenvalue weighted by Gasteiger charge is 2.28. The zero-order valence-corrected chi connectivity index (χ0v) is 18.3. The summed E-state index contributed by atoms with van der Waals surface area (Å²) in [5, 5.41) is 4.08. The zero-order valence-electron chi connectivity index (χ0n) is 18.3. The lowest BCUT2D eigenvalue weighted by Crippen LogP contribution is -2.49. The monoisotopic (exact) mass is 458 g/mol. The van der Waals surface area contributed by atoms with Crippen molar-refractivity contribution >= 4 is 5.91 Å². The van der Waals surface area contributed by atoms with Crippen LogP contribution in [-0.2, 0) is 0 Å². The number of alkyl halides is 2. The molecule has 1 aromatic heterocycles. The lowest BCUT2D eigenvalue weighted by Gasteiger charge is -2.36. The van der Waals surface area contributed by atoms with Gasteiger partial charge in [-0.3, -0.25) is 9.69 Å². The molecule has 3 aromatic rings. The fraction of sp³-hybridized carbons (Fsp3) is 0.348. The molecule has 4 rings (SSSR count). The van der Waals surface area contributed by atoms with E-state index in [1.54, 1.807) is 4.90 Å². The van der Waals surface area contributed by atoms with Crippen LogP contribution >= 0.6 is 0 Å². The second kappa shape index (κ2) is 9.95. The van der Waals surface area contributed by atoms with Crippen LogP contribution in [0.1, 0.15) is 29.2 Å². The number of rotatable bonds is 7. The van der Waals surface area contributed by atoms with Crippen LogP contribution in [0.3, 0.4) is 0 Å². The SMILES string of the molecule is COc1cc(C(=O)N2CCN(C(C)c3nc(-c4ccccc4)no3)CC2)ccc1OC(F)F. The molecular weight excluding hydrogens is 434 g/mol. The zero-order chi connectivity index (χ0) is 23.4. The van der Waals surface area contributed by atoms with E-state index in [1.165, 1.54) is 25.3 Å². The third-order valence-electron chi connectivity index (χ3n) is 5.61. The summed E-state index contributed by atoms with van der Waals surface area (Å²) in [7, 11) is 1.34. The van der Waals surface area contributed by atoms with Crippen molar-refractivity contribution in [3.05, 3.63) is 60.0 Å². The van der Waals surface area contributed by atoms with Crippen molar-refractivity contribution in [3.8, 4) is 22.9 Å². The quantitative estimate of drug-likeness (QED) is 0.532. The van der Waals surface area contributed by atoms with E-state index in [0.29, 0.717) is 43.5 Å². The standard InChI is InChI=1S/C23H24F2N4O4/c1-15(21-26-20(27-33-21)16-6-4-3-5-7-16)28-10-12-29(13-11-28)22(30)17-8-9-18(32-23(24)25)19(14-17)31-2/h3-9,14-15,23H,10-13H2,1-2H3. The van der Waals surface area contributed by atoms with E-state index >= 15 is 0 Å². The number of carbonyl (C=O) groups excluding carboxylic acids is 1. The molecule has 1 saturated heterocycles. The average Bonchev–Trinajstić information content (AvgIpc) is 3.34. The number of benzene rings is 2. The minimum Gasteiger partial charge on any atom is -0.493 e. The summed E-state index contributed by atoms with van der Waals surface area (Å²) in [5.41, 5.74) is 1.23. The molecule has 8 nitrogen and oxygen atoms in total. The molecule has 2 heterocycles. The second-order valence-corrected chi connectivity index (χ2v) is 7.57. The molecule has 1 aliphatic rings. The van der Waals surface area contributed by atoms with Gasteiger partial charge < -0.3 is 18.9 Å². The molecule has 1 atom stereocenters. The van der Waals surface area contributed by atoms with Crippen LogP contribution < -0.4 is 9.47 Å². The third-order valence-corrected chi connectivity index (χ3v) is 5.61. The van der Waals surface area contributed by atoms with Crippen molar-refractivity contribution < 1.29 is 27.6 Å². The first kappa shape index (κ1) is 22.7. The van der Waals surface area contributed by atoms with Crippen molar-refractivity contribution in [1.82, 2.24) is 19.9 Å². The van der Waals surface area contributed by atoms with Gasteiger partial charge in [-0.1, -0.05) is 35.5 Å². The van der Waals surface area contributed by atoms with Gasteiger partial charge in [-0.15, -0.1) is 0 Å². The van der Waals surface area contributed by atoms with Gasteiger partial charge in [0.15, 0.2) is 11.5 Å². The van der Waals surface area contributed by atoms with Gasteiger partial charge in [-0.05, 0) is 25.1 Å². The molecule has 0 spiro atoms. The number of aromatic nitrogens is 2. The molecule has 33 heavy (non-hydrogen) atoms. The van der Waals surface area contributed by atoms with Gasteiger partial charge in [0.05, 0.1) is 13.2 Å². The molecule has 0 saturated carbocycles. The van der Waals surface area contributed by atoms with Gasteiger partial charge >= 0.3 is 6.61 Å². The Hall–Kier alpha value is -3.53. The Kier molecular flexibility index (Phi) is 6.83. The summed E-state index contributed by atoms with van der Waals surface area (Å²) in [6, 6.07) is 13.7. The fourth-order valence-corrected chi connectivity index (χ4v) is 3.75. The van der Waals surface area contributed by atoms with Gasteiger partial charge in [0.25, 0.3) is 5.91 Å². The molecule has 0 N–H and O–H groups in total. The van der Waals surface area contributed by atoms with E-state index in [4.69, 9.17) is 9.26 Å². The minimum atomic E-state index is -2.97. The van der Waals surface area contributed by atoms with Gasteiger partial charge in [0.2, 0.25) is 11.7 Å². The maximum Gasteiger partial charge on any atom is 0.387 e. The molecule has 10 heteroatoms. The topological polar surface area (TPSA) is 80.9 Å². The summed E-state index contributed by atoms with van der Waals surface area (Å²) in [5.74, 6) is 0.831. The number of ether oxygens (including phenoxy) is 2. The first-order valence-electron chi connectivity index (χ1n) is 10.5. The maximum absolute atomic E-state index is 12.9. The molecule has 1 fully saturated rings. The molecular formula is C23H24F2N4O4. The molecule has 0 aliphatic carbocycles. The number of halogens is 2. The number of hydrogen-bond acceptors (Lipinski definition) is 7. The van der Waals surface area contributed by atoms with Crippen LogP contribution in [0.4, 0.5) is 8.78 Å². The van der Waals surface area contributed by atoms with Crippen LogP contribution in [0.2, 0.25) is 0 Å². The molecule has 1 aliphatic heterocycles. The normalized spacial score (nSPS) is 15.5. The van der Waals surface area contributed by atoms with Crippen molar-refractivity contribution in [3.63, 3.8) is 0 Å². The van der Waals surface area contributed by atoms with E-state index in [2.05, 4.69) is 19.8 Å². The lowest BCUT2D eigenvalue weighted by molar-refractivity contribution is -0.0512. The van der Waals surface area contributed by atoms with E-state index < -0.39 is 6.61 Å². The summed E-state index contributed by atoms with van der Waals surface area (Å²) in [4.78, 5) is 21.3. The Bertz CT molecular complexity index is 1090. The van der Waals surface area contributed by atoms with Crippen LogP contribution in [-0.4, -0.2) is 65.7 Å². The predicted molar refractivity (Wildman–Crippen MR) is 115 cm³/mol. The summed E-state index contributed by atoms with van der Waals surface area (Å²) >= 11 is 0. The van der Waals surface area contributed by atoms with Gasteiger partial charge in [0, 0.05) is 37.3 Å². The summed E-state index contributed by atoms with van der Waals surface area (Å²) in [6.45, 7) is 1.27. The van der Waals surface area contributed by atoms with Crippen LogP contribution in [0.5, 0.6) is 11.5 Å². The van der Waals surface area contributed by atoms with Crippen LogP contribution in [0, 0.1) is 0 Å². The average molecular weight is 458 g/mol. The van der Waals surface area contributed by atoms with Crippen LogP contribution in [0.25, 0.3) is 11.4 Å². The van der Waals surface area contributed by atoms with Gasteiger partial charge in [-0.2, -0.15) is 13.8 Å². The first-order chi connectivity index (χ1) is 16.0. The van der Waals surface area contributed by atoms with Gasteiger partial charge in [0.1, 0.15) is 0 Å². The molecule has 0 bridgehead atoms. The van der Waals surface area contributed by atoms with Crippen LogP contribution in [0.15, 0.2) is 53.1 Å². The maximum atomic E-state index is 12.9. The Morgan fingerprint density at radius 3 is 2.45 bits per heavy atom. The highest BCUT2D eigenvalue weighted by atomic mass is 19.3. The summed E-state index contributed by atoms with van der Waals surface area (Å²) < 4.78 is 40.0. The molecule has 1 unspecified atom stereocenters. The minimum absolute atomic E-state index is 0.0824. The Labute approximate surface area is 189 Å². The number of methoxy groups -OCH3 is 1. The highest BCUT2D eigenvalue weighted by molar-refractivity contribution is 5.95. The number of hydrogen-bond donors (Lipinski definition) is 0. The molecule has 1 amide bonds. The number of nitrogens with zero attached hydrogens (tertiary/aromatic N) is 4. The number of piperazine rings is 1. The summed E-state index contributed by atoms with van der Waals surface area (Å²) in [6.07, 6.45) is 0. The van der Waals surface area contributed by atoms with Gasteiger partial charge in [-0.25, -0.2) is 0 Å². The largest absolute Gasteiger partial charge is 0.493 e. The number of amides is 1. The Morgan fingerprint density at radius 2 is 1.79 bits per heavy atom. The first-order valence-corrected chi connectivity index (χ1v) is 10.5. The third kappa shape index (κ3) is 5.11. The lowest BCUT2D eigenvalue weighted by atomic mass is 10.1. The van der Waals surface area contributed by atoms with E-state index in [1.807, 2.05) is 37.3 Å². The van der Waals surface area contributed by atoms with E-state index in [-0.39, 0.29) is 23.4 Å². The molecule has 0 radical (unpaired) electrons. The highest BCUT2D eigenvalue weighted by Crippen LogP contribution is 2.30. The van der Waals surface area contributed by atoms with E-state index in [9.17, 15) is 13.6 Å². The molecule has 2 aromatic carbocycles. The molecule has 174 valence electrons. The Morgan fingerprint density at radius 1 is 1.06 bits per heavy atom. The number of carbonyl (C=O) groups is 1. The van der Waals surface area contributed by atoms with Crippen molar-refractivity contribution in [1.29, 1.82) is 0 Å². The predicted octanol–water partition coefficient (Wildman–Crippen LogP) is 3.87.